The average Bonchev–Trinajstić information content (AvgIpc) is 3.14. The molecule has 0 aromatic heterocycles. The molecule has 6 heteroatoms. The lowest BCUT2D eigenvalue weighted by Crippen LogP contribution is -2.41. The first-order chi connectivity index (χ1) is 12.3. The van der Waals surface area contributed by atoms with Crippen LogP contribution in [0, 0.1) is 5.92 Å². The van der Waals surface area contributed by atoms with Crippen molar-refractivity contribution in [1.29, 1.82) is 0 Å². The summed E-state index contributed by atoms with van der Waals surface area (Å²) >= 11 is 0. The molecule has 1 saturated heterocycles. The van der Waals surface area contributed by atoms with Crippen molar-refractivity contribution in [3.8, 4) is 0 Å². The lowest BCUT2D eigenvalue weighted by Gasteiger charge is -2.36. The zero-order valence-electron chi connectivity index (χ0n) is 14.8. The van der Waals surface area contributed by atoms with Gasteiger partial charge in [0, 0.05) is 11.6 Å². The van der Waals surface area contributed by atoms with Crippen LogP contribution >= 0.6 is 0 Å². The van der Waals surface area contributed by atoms with Gasteiger partial charge in [-0.15, -0.1) is 0 Å². The normalized spacial score (nSPS) is 21.3. The van der Waals surface area contributed by atoms with Gasteiger partial charge in [-0.05, 0) is 68.5 Å². The Hall–Kier alpha value is -1.82. The van der Waals surface area contributed by atoms with Gasteiger partial charge in [-0.2, -0.15) is 13.2 Å². The van der Waals surface area contributed by atoms with Crippen molar-refractivity contribution in [3.63, 3.8) is 0 Å². The molecule has 1 amide bonds. The molecule has 2 N–H and O–H groups in total. The second-order valence-corrected chi connectivity index (χ2v) is 7.33. The number of nitrogens with two attached hydrogens (primary N) is 1. The van der Waals surface area contributed by atoms with Crippen LogP contribution < -0.4 is 5.73 Å². The van der Waals surface area contributed by atoms with Crippen molar-refractivity contribution in [2.24, 2.45) is 11.7 Å². The Morgan fingerprint density at radius 3 is 2.12 bits per heavy atom. The second-order valence-electron chi connectivity index (χ2n) is 7.33. The largest absolute Gasteiger partial charge is 0.416 e. The van der Waals surface area contributed by atoms with Crippen molar-refractivity contribution in [3.05, 3.63) is 41.0 Å². The number of carbonyl (C=O) groups is 1. The molecule has 1 aliphatic heterocycles. The number of benzene rings is 1. The van der Waals surface area contributed by atoms with E-state index in [1.165, 1.54) is 37.8 Å². The Kier molecular flexibility index (Phi) is 5.70. The lowest BCUT2D eigenvalue weighted by molar-refractivity contribution is -0.137. The predicted octanol–water partition coefficient (Wildman–Crippen LogP) is 4.23. The Labute approximate surface area is 152 Å². The van der Waals surface area contributed by atoms with E-state index < -0.39 is 17.6 Å². The molecule has 2 fully saturated rings. The minimum absolute atomic E-state index is 0.0763. The standard InChI is InChI=1S/C20H25F3N2O/c21-20(22,23)16-7-5-14(6-8-16)13-18(19(24)26)15-9-11-25(12-10-15)17-3-1-2-4-17/h5-8,13,15,17H,1-4,9-12H2,(H2,24,26). The maximum atomic E-state index is 12.7. The summed E-state index contributed by atoms with van der Waals surface area (Å²) in [6.45, 7) is 1.90. The first-order valence-corrected chi connectivity index (χ1v) is 9.27. The summed E-state index contributed by atoms with van der Waals surface area (Å²) in [4.78, 5) is 14.4. The van der Waals surface area contributed by atoms with E-state index in [1.54, 1.807) is 6.08 Å². The van der Waals surface area contributed by atoms with Gasteiger partial charge in [0.15, 0.2) is 0 Å². The van der Waals surface area contributed by atoms with E-state index in [1.807, 2.05) is 0 Å². The average molecular weight is 366 g/mol. The fourth-order valence-electron chi connectivity index (χ4n) is 4.18. The molecule has 142 valence electrons. The van der Waals surface area contributed by atoms with Gasteiger partial charge < -0.3 is 10.6 Å². The van der Waals surface area contributed by atoms with Gasteiger partial charge in [0.2, 0.25) is 5.91 Å². The number of rotatable bonds is 4. The summed E-state index contributed by atoms with van der Waals surface area (Å²) in [5.41, 5.74) is 5.97. The highest BCUT2D eigenvalue weighted by molar-refractivity contribution is 5.97. The minimum atomic E-state index is -4.36. The number of likely N-dealkylation sites (tertiary alicyclic amines) is 1. The van der Waals surface area contributed by atoms with Crippen molar-refractivity contribution in [1.82, 2.24) is 4.90 Å². The first kappa shape index (κ1) is 19.0. The Morgan fingerprint density at radius 1 is 1.04 bits per heavy atom. The van der Waals surface area contributed by atoms with Crippen LogP contribution in [-0.4, -0.2) is 29.9 Å². The molecule has 1 heterocycles. The highest BCUT2D eigenvalue weighted by atomic mass is 19.4. The molecule has 0 bridgehead atoms. The number of nitrogens with zero attached hydrogens (tertiary/aromatic N) is 1. The number of piperidine rings is 1. The number of amides is 1. The van der Waals surface area contributed by atoms with Crippen molar-refractivity contribution < 1.29 is 18.0 Å². The summed E-state index contributed by atoms with van der Waals surface area (Å²) in [6, 6.07) is 5.52. The molecule has 1 saturated carbocycles. The van der Waals surface area contributed by atoms with Crippen molar-refractivity contribution in [2.45, 2.75) is 50.7 Å². The highest BCUT2D eigenvalue weighted by Gasteiger charge is 2.31. The smallest absolute Gasteiger partial charge is 0.366 e. The maximum Gasteiger partial charge on any atom is 0.416 e. The number of carbonyl (C=O) groups excluding carboxylic acids is 1. The number of halogens is 3. The minimum Gasteiger partial charge on any atom is -0.366 e. The zero-order valence-corrected chi connectivity index (χ0v) is 14.8. The number of hydrogen-bond donors (Lipinski definition) is 1. The lowest BCUT2D eigenvalue weighted by atomic mass is 9.86. The van der Waals surface area contributed by atoms with Crippen LogP contribution in [0.2, 0.25) is 0 Å². The van der Waals surface area contributed by atoms with Crippen LogP contribution in [0.25, 0.3) is 6.08 Å². The van der Waals surface area contributed by atoms with Crippen LogP contribution in [0.1, 0.15) is 49.7 Å². The maximum absolute atomic E-state index is 12.7. The fourth-order valence-corrected chi connectivity index (χ4v) is 4.18. The third-order valence-corrected chi connectivity index (χ3v) is 5.66. The molecule has 3 rings (SSSR count). The van der Waals surface area contributed by atoms with Gasteiger partial charge in [-0.1, -0.05) is 25.0 Å². The van der Waals surface area contributed by atoms with E-state index in [0.717, 1.165) is 38.1 Å². The monoisotopic (exact) mass is 366 g/mol. The molecule has 3 nitrogen and oxygen atoms in total. The van der Waals surface area contributed by atoms with Gasteiger partial charge in [0.25, 0.3) is 0 Å². The topological polar surface area (TPSA) is 46.3 Å². The third kappa shape index (κ3) is 4.47. The Bertz CT molecular complexity index is 653. The van der Waals surface area contributed by atoms with Crippen LogP contribution in [0.3, 0.4) is 0 Å². The van der Waals surface area contributed by atoms with Gasteiger partial charge >= 0.3 is 6.18 Å². The molecular weight excluding hydrogens is 341 g/mol. The molecule has 0 radical (unpaired) electrons. The first-order valence-electron chi connectivity index (χ1n) is 9.27. The molecule has 1 aromatic carbocycles. The summed E-state index contributed by atoms with van der Waals surface area (Å²) in [7, 11) is 0. The molecule has 26 heavy (non-hydrogen) atoms. The zero-order chi connectivity index (χ0) is 18.7. The van der Waals surface area contributed by atoms with E-state index >= 15 is 0 Å². The fraction of sp³-hybridized carbons (Fsp3) is 0.550. The van der Waals surface area contributed by atoms with Gasteiger partial charge in [0.05, 0.1) is 5.56 Å². The second kappa shape index (κ2) is 7.82. The number of primary amides is 1. The van der Waals surface area contributed by atoms with Gasteiger partial charge in [0.1, 0.15) is 0 Å². The highest BCUT2D eigenvalue weighted by Crippen LogP contribution is 2.32. The summed E-state index contributed by atoms with van der Waals surface area (Å²) < 4.78 is 38.0. The van der Waals surface area contributed by atoms with E-state index in [0.29, 0.717) is 17.2 Å². The molecule has 0 unspecified atom stereocenters. The third-order valence-electron chi connectivity index (χ3n) is 5.66. The summed E-state index contributed by atoms with van der Waals surface area (Å²) in [5.74, 6) is -0.406. The molecule has 0 atom stereocenters. The van der Waals surface area contributed by atoms with Gasteiger partial charge in [-0.3, -0.25) is 4.79 Å². The Morgan fingerprint density at radius 2 is 1.62 bits per heavy atom. The van der Waals surface area contributed by atoms with E-state index in [-0.39, 0.29) is 5.92 Å². The van der Waals surface area contributed by atoms with Crippen LogP contribution in [0.4, 0.5) is 13.2 Å². The van der Waals surface area contributed by atoms with E-state index in [4.69, 9.17) is 5.73 Å². The van der Waals surface area contributed by atoms with Crippen molar-refractivity contribution >= 4 is 12.0 Å². The molecule has 0 spiro atoms. The number of hydrogen-bond acceptors (Lipinski definition) is 2. The molecule has 2 aliphatic rings. The van der Waals surface area contributed by atoms with Gasteiger partial charge in [-0.25, -0.2) is 0 Å². The van der Waals surface area contributed by atoms with Crippen LogP contribution in [-0.2, 0) is 11.0 Å². The van der Waals surface area contributed by atoms with Crippen LogP contribution in [0.15, 0.2) is 29.8 Å². The predicted molar refractivity (Wildman–Crippen MR) is 95.2 cm³/mol. The van der Waals surface area contributed by atoms with Crippen molar-refractivity contribution in [2.75, 3.05) is 13.1 Å². The van der Waals surface area contributed by atoms with E-state index in [2.05, 4.69) is 4.90 Å². The SMILES string of the molecule is NC(=O)C(=Cc1ccc(C(F)(F)F)cc1)C1CCN(C2CCCC2)CC1. The quantitative estimate of drug-likeness (QED) is 0.811. The molecule has 1 aliphatic carbocycles. The van der Waals surface area contributed by atoms with Crippen LogP contribution in [0.5, 0.6) is 0 Å². The summed E-state index contributed by atoms with van der Waals surface area (Å²) in [5, 5.41) is 0. The summed E-state index contributed by atoms with van der Waals surface area (Å²) in [6.07, 6.45) is 4.14. The number of alkyl halides is 3. The molecular formula is C20H25F3N2O. The molecule has 1 aromatic rings. The Balaban J connectivity index is 1.69. The van der Waals surface area contributed by atoms with E-state index in [9.17, 15) is 18.0 Å².